The third-order valence-corrected chi connectivity index (χ3v) is 6.22. The normalized spacial score (nSPS) is 13.6. The van der Waals surface area contributed by atoms with Crippen molar-refractivity contribution in [1.82, 2.24) is 19.0 Å². The lowest BCUT2D eigenvalue weighted by atomic mass is 10.2. The highest BCUT2D eigenvalue weighted by molar-refractivity contribution is 6.30. The molecule has 0 atom stereocenters. The first-order valence-corrected chi connectivity index (χ1v) is 11.2. The molecule has 8 heteroatoms. The molecule has 0 fully saturated rings. The number of ether oxygens (including phenoxy) is 1. The van der Waals surface area contributed by atoms with Crippen LogP contribution in [0.5, 0.6) is 5.75 Å². The Bertz CT molecular complexity index is 1390. The quantitative estimate of drug-likeness (QED) is 0.462. The molecule has 1 aliphatic heterocycles. The van der Waals surface area contributed by atoms with Crippen LogP contribution in [0.25, 0.3) is 16.6 Å². The van der Waals surface area contributed by atoms with Crippen molar-refractivity contribution in [3.63, 3.8) is 0 Å². The zero-order chi connectivity index (χ0) is 22.9. The predicted molar refractivity (Wildman–Crippen MR) is 127 cm³/mol. The summed E-state index contributed by atoms with van der Waals surface area (Å²) in [5.74, 6) is 0.600. The Morgan fingerprint density at radius 1 is 1.09 bits per heavy atom. The van der Waals surface area contributed by atoms with E-state index in [1.165, 1.54) is 11.8 Å². The molecule has 0 aliphatic carbocycles. The zero-order valence-electron chi connectivity index (χ0n) is 18.2. The van der Waals surface area contributed by atoms with E-state index in [1.54, 1.807) is 42.1 Å². The van der Waals surface area contributed by atoms with Crippen LogP contribution in [0, 0.1) is 0 Å². The van der Waals surface area contributed by atoms with Crippen molar-refractivity contribution >= 4 is 28.4 Å². The smallest absolute Gasteiger partial charge is 0.258 e. The Labute approximate surface area is 195 Å². The molecule has 0 radical (unpaired) electrons. The predicted octanol–water partition coefficient (Wildman–Crippen LogP) is 3.82. The summed E-state index contributed by atoms with van der Waals surface area (Å²) < 4.78 is 9.59. The van der Waals surface area contributed by atoms with E-state index < -0.39 is 0 Å². The summed E-state index contributed by atoms with van der Waals surface area (Å²) in [6.45, 7) is 4.08. The lowest BCUT2D eigenvalue weighted by Gasteiger charge is -2.17. The molecule has 4 aromatic rings. The Morgan fingerprint density at radius 2 is 1.97 bits per heavy atom. The highest BCUT2D eigenvalue weighted by Crippen LogP contribution is 2.25. The fourth-order valence-corrected chi connectivity index (χ4v) is 4.36. The van der Waals surface area contributed by atoms with Gasteiger partial charge in [-0.05, 0) is 42.5 Å². The van der Waals surface area contributed by atoms with Crippen LogP contribution < -0.4 is 10.3 Å². The van der Waals surface area contributed by atoms with Gasteiger partial charge in [0.1, 0.15) is 12.4 Å². The average molecular weight is 463 g/mol. The van der Waals surface area contributed by atoms with Crippen LogP contribution >= 0.6 is 11.6 Å². The van der Waals surface area contributed by atoms with E-state index in [0.29, 0.717) is 17.3 Å². The Kier molecular flexibility index (Phi) is 5.64. The molecule has 1 amide bonds. The summed E-state index contributed by atoms with van der Waals surface area (Å²) in [5, 5.41) is 1.65. The van der Waals surface area contributed by atoms with Crippen LogP contribution in [0.2, 0.25) is 5.02 Å². The highest BCUT2D eigenvalue weighted by atomic mass is 35.5. The summed E-state index contributed by atoms with van der Waals surface area (Å²) in [6.07, 6.45) is 4.10. The molecule has 168 valence electrons. The van der Waals surface area contributed by atoms with Gasteiger partial charge in [-0.3, -0.25) is 19.1 Å². The molecule has 1 aliphatic rings. The lowest BCUT2D eigenvalue weighted by Crippen LogP contribution is -2.31. The van der Waals surface area contributed by atoms with Crippen LogP contribution in [0.3, 0.4) is 0 Å². The molecule has 1 aromatic carbocycles. The largest absolute Gasteiger partial charge is 0.487 e. The van der Waals surface area contributed by atoms with Crippen molar-refractivity contribution in [2.24, 2.45) is 0 Å². The van der Waals surface area contributed by atoms with E-state index in [0.717, 1.165) is 41.8 Å². The minimum absolute atomic E-state index is 0.114. The first kappa shape index (κ1) is 21.3. The van der Waals surface area contributed by atoms with Gasteiger partial charge in [-0.25, -0.2) is 0 Å². The van der Waals surface area contributed by atoms with Gasteiger partial charge >= 0.3 is 0 Å². The second-order valence-corrected chi connectivity index (χ2v) is 8.55. The lowest BCUT2D eigenvalue weighted by molar-refractivity contribution is -0.128. The number of carbonyl (C=O) groups excluding carboxylic acids is 1. The van der Waals surface area contributed by atoms with Crippen molar-refractivity contribution in [3.05, 3.63) is 87.7 Å². The fraction of sp³-hybridized carbons (Fsp3) is 0.240. The summed E-state index contributed by atoms with van der Waals surface area (Å²) >= 11 is 5.85. The molecule has 0 unspecified atom stereocenters. The van der Waals surface area contributed by atoms with Crippen molar-refractivity contribution in [3.8, 4) is 11.4 Å². The number of fused-ring (bicyclic) bond motifs is 3. The summed E-state index contributed by atoms with van der Waals surface area (Å²) in [6, 6.07) is 15.0. The maximum atomic E-state index is 12.8. The maximum absolute atomic E-state index is 12.8. The number of aromatic nitrogens is 3. The van der Waals surface area contributed by atoms with Crippen LogP contribution in [0.1, 0.15) is 18.3 Å². The van der Waals surface area contributed by atoms with Crippen LogP contribution in [0.4, 0.5) is 0 Å². The van der Waals surface area contributed by atoms with Gasteiger partial charge in [0, 0.05) is 73.7 Å². The SMILES string of the molecule is CC(=O)N1CCc2cc3cc(-n4ccc(OCc5ccc(Cl)cn5)cc4=O)ccc3n2CC1. The summed E-state index contributed by atoms with van der Waals surface area (Å²) in [4.78, 5) is 30.6. The molecule has 0 N–H and O–H groups in total. The molecule has 0 bridgehead atoms. The minimum Gasteiger partial charge on any atom is -0.487 e. The summed E-state index contributed by atoms with van der Waals surface area (Å²) in [5.41, 5.74) is 3.67. The van der Waals surface area contributed by atoms with Crippen molar-refractivity contribution in [1.29, 1.82) is 0 Å². The molecule has 3 aromatic heterocycles. The number of carbonyl (C=O) groups is 1. The van der Waals surface area contributed by atoms with Crippen LogP contribution in [-0.4, -0.2) is 38.0 Å². The molecule has 5 rings (SSSR count). The second kappa shape index (κ2) is 8.75. The van der Waals surface area contributed by atoms with Crippen molar-refractivity contribution < 1.29 is 9.53 Å². The van der Waals surface area contributed by atoms with Crippen LogP contribution in [0.15, 0.2) is 65.7 Å². The standard InChI is InChI=1S/C25H23ClN4O3/c1-17(31)28-8-6-22-13-18-12-21(4-5-24(18)29(22)11-10-28)30-9-7-23(14-25(30)32)33-16-20-3-2-19(26)15-27-20/h2-5,7,9,12-15H,6,8,10-11,16H2,1H3. The molecular weight excluding hydrogens is 440 g/mol. The number of pyridine rings is 2. The van der Waals surface area contributed by atoms with Gasteiger partial charge in [-0.1, -0.05) is 11.6 Å². The number of halogens is 1. The number of nitrogens with zero attached hydrogens (tertiary/aromatic N) is 4. The Hall–Kier alpha value is -3.58. The molecule has 4 heterocycles. The van der Waals surface area contributed by atoms with E-state index in [9.17, 15) is 9.59 Å². The fourth-order valence-electron chi connectivity index (χ4n) is 4.25. The first-order chi connectivity index (χ1) is 16.0. The molecule has 7 nitrogen and oxygen atoms in total. The number of benzene rings is 1. The third kappa shape index (κ3) is 4.36. The van der Waals surface area contributed by atoms with Gasteiger partial charge in [-0.2, -0.15) is 0 Å². The van der Waals surface area contributed by atoms with Crippen molar-refractivity contribution in [2.75, 3.05) is 13.1 Å². The van der Waals surface area contributed by atoms with Gasteiger partial charge in [0.15, 0.2) is 0 Å². The minimum atomic E-state index is -0.172. The first-order valence-electron chi connectivity index (χ1n) is 10.8. The molecule has 0 saturated carbocycles. The molecular formula is C25H23ClN4O3. The Balaban J connectivity index is 1.36. The van der Waals surface area contributed by atoms with E-state index >= 15 is 0 Å². The topological polar surface area (TPSA) is 69.4 Å². The monoisotopic (exact) mass is 462 g/mol. The molecule has 0 spiro atoms. The van der Waals surface area contributed by atoms with Gasteiger partial charge in [0.05, 0.1) is 10.7 Å². The van der Waals surface area contributed by atoms with Gasteiger partial charge in [0.25, 0.3) is 5.56 Å². The number of hydrogen-bond donors (Lipinski definition) is 0. The summed E-state index contributed by atoms with van der Waals surface area (Å²) in [7, 11) is 0. The number of rotatable bonds is 4. The van der Waals surface area contributed by atoms with E-state index in [2.05, 4.69) is 15.6 Å². The van der Waals surface area contributed by atoms with E-state index in [1.807, 2.05) is 23.1 Å². The maximum Gasteiger partial charge on any atom is 0.258 e. The Morgan fingerprint density at radius 3 is 2.73 bits per heavy atom. The average Bonchev–Trinajstić information content (AvgIpc) is 3.01. The third-order valence-electron chi connectivity index (χ3n) is 5.99. The van der Waals surface area contributed by atoms with Gasteiger partial charge in [-0.15, -0.1) is 0 Å². The van der Waals surface area contributed by atoms with Crippen molar-refractivity contribution in [2.45, 2.75) is 26.5 Å². The molecule has 0 saturated heterocycles. The number of hydrogen-bond acceptors (Lipinski definition) is 4. The molecule has 33 heavy (non-hydrogen) atoms. The highest BCUT2D eigenvalue weighted by Gasteiger charge is 2.18. The van der Waals surface area contributed by atoms with Gasteiger partial charge in [0.2, 0.25) is 5.91 Å². The zero-order valence-corrected chi connectivity index (χ0v) is 19.0. The van der Waals surface area contributed by atoms with Crippen LogP contribution in [-0.2, 0) is 24.4 Å². The van der Waals surface area contributed by atoms with Gasteiger partial charge < -0.3 is 14.2 Å². The number of amides is 1. The van der Waals surface area contributed by atoms with E-state index in [-0.39, 0.29) is 18.1 Å². The second-order valence-electron chi connectivity index (χ2n) is 8.11. The van der Waals surface area contributed by atoms with E-state index in [4.69, 9.17) is 16.3 Å².